The van der Waals surface area contributed by atoms with Crippen molar-refractivity contribution in [2.75, 3.05) is 5.32 Å². The van der Waals surface area contributed by atoms with Crippen LogP contribution in [0.5, 0.6) is 0 Å². The van der Waals surface area contributed by atoms with Gasteiger partial charge in [-0.15, -0.1) is 0 Å². The van der Waals surface area contributed by atoms with Crippen molar-refractivity contribution in [1.82, 2.24) is 0 Å². The normalized spacial score (nSPS) is 10.5. The topological polar surface area (TPSA) is 12.0 Å². The van der Waals surface area contributed by atoms with Crippen molar-refractivity contribution in [2.45, 2.75) is 6.92 Å². The van der Waals surface area contributed by atoms with Gasteiger partial charge in [-0.2, -0.15) is 0 Å². The summed E-state index contributed by atoms with van der Waals surface area (Å²) in [5.74, 6) is 0. The highest BCUT2D eigenvalue weighted by atomic mass is 14.9. The van der Waals surface area contributed by atoms with Gasteiger partial charge in [0.15, 0.2) is 0 Å². The Kier molecular flexibility index (Phi) is 3.98. The van der Waals surface area contributed by atoms with Gasteiger partial charge < -0.3 is 5.32 Å². The van der Waals surface area contributed by atoms with Crippen molar-refractivity contribution in [1.29, 1.82) is 0 Å². The molecule has 0 amide bonds. The monoisotopic (exact) mass is 235 g/mol. The lowest BCUT2D eigenvalue weighted by Crippen LogP contribution is -1.98. The van der Waals surface area contributed by atoms with Gasteiger partial charge in [-0.05, 0) is 24.6 Å². The van der Waals surface area contributed by atoms with Gasteiger partial charge >= 0.3 is 0 Å². The maximum atomic E-state index is 4.12. The van der Waals surface area contributed by atoms with Gasteiger partial charge in [0, 0.05) is 16.9 Å². The van der Waals surface area contributed by atoms with E-state index in [1.165, 1.54) is 5.56 Å². The Hall–Kier alpha value is -2.28. The van der Waals surface area contributed by atoms with Crippen LogP contribution in [0.1, 0.15) is 18.1 Å². The van der Waals surface area contributed by atoms with Gasteiger partial charge in [-0.1, -0.05) is 61.2 Å². The maximum absolute atomic E-state index is 4.12. The summed E-state index contributed by atoms with van der Waals surface area (Å²) < 4.78 is 0. The molecule has 0 saturated carbocycles. The van der Waals surface area contributed by atoms with Crippen LogP contribution in [0.4, 0.5) is 5.69 Å². The first-order valence-corrected chi connectivity index (χ1v) is 6.04. The van der Waals surface area contributed by atoms with Crippen molar-refractivity contribution < 1.29 is 0 Å². The van der Waals surface area contributed by atoms with Crippen molar-refractivity contribution in [3.05, 3.63) is 78.4 Å². The van der Waals surface area contributed by atoms with Gasteiger partial charge in [-0.25, -0.2) is 0 Å². The second-order valence-electron chi connectivity index (χ2n) is 4.06. The summed E-state index contributed by atoms with van der Waals surface area (Å²) >= 11 is 0. The number of hydrogen-bond acceptors (Lipinski definition) is 1. The fourth-order valence-corrected chi connectivity index (χ4v) is 1.86. The van der Waals surface area contributed by atoms with Crippen LogP contribution in [0.2, 0.25) is 0 Å². The highest BCUT2D eigenvalue weighted by Gasteiger charge is 2.03. The van der Waals surface area contributed by atoms with Crippen LogP contribution in [0.15, 0.2) is 67.3 Å². The minimum atomic E-state index is 0.912. The van der Waals surface area contributed by atoms with E-state index in [0.717, 1.165) is 16.9 Å². The third kappa shape index (κ3) is 2.89. The first kappa shape index (κ1) is 12.2. The van der Waals surface area contributed by atoms with Crippen LogP contribution < -0.4 is 5.32 Å². The van der Waals surface area contributed by atoms with Crippen molar-refractivity contribution >= 4 is 17.5 Å². The first-order chi connectivity index (χ1) is 8.81. The third-order valence-corrected chi connectivity index (χ3v) is 2.70. The van der Waals surface area contributed by atoms with Crippen LogP contribution in [0.3, 0.4) is 0 Å². The van der Waals surface area contributed by atoms with E-state index in [2.05, 4.69) is 30.1 Å². The molecule has 0 heterocycles. The number of nitrogens with one attached hydrogen (secondary N) is 1. The number of benzene rings is 2. The Morgan fingerprint density at radius 2 is 1.67 bits per heavy atom. The summed E-state index contributed by atoms with van der Waals surface area (Å²) in [6, 6.07) is 18.3. The zero-order valence-electron chi connectivity index (χ0n) is 10.6. The molecule has 0 aromatic heterocycles. The van der Waals surface area contributed by atoms with Crippen LogP contribution in [0.25, 0.3) is 11.8 Å². The second-order valence-corrected chi connectivity index (χ2v) is 4.06. The predicted molar refractivity (Wildman–Crippen MR) is 80.2 cm³/mol. The van der Waals surface area contributed by atoms with Gasteiger partial charge in [-0.3, -0.25) is 0 Å². The van der Waals surface area contributed by atoms with E-state index in [4.69, 9.17) is 0 Å². The molecule has 1 N–H and O–H groups in total. The summed E-state index contributed by atoms with van der Waals surface area (Å²) in [6.07, 6.45) is 4.13. The standard InChI is InChI=1S/C17H17N/c1-3-9-15-10-7-8-13-17(15)14(2)18-16-11-5-4-6-12-16/h3-13,18H,2H2,1H3/b9-3-. The molecule has 0 fully saturated rings. The lowest BCUT2D eigenvalue weighted by atomic mass is 10.0. The molecule has 18 heavy (non-hydrogen) atoms. The largest absolute Gasteiger partial charge is 0.356 e. The highest BCUT2D eigenvalue weighted by Crippen LogP contribution is 2.21. The predicted octanol–water partition coefficient (Wildman–Crippen LogP) is 4.80. The minimum Gasteiger partial charge on any atom is -0.356 e. The molecular weight excluding hydrogens is 218 g/mol. The summed E-state index contributed by atoms with van der Waals surface area (Å²) in [4.78, 5) is 0. The Balaban J connectivity index is 2.24. The van der Waals surface area contributed by atoms with Gasteiger partial charge in [0.05, 0.1) is 0 Å². The van der Waals surface area contributed by atoms with E-state index in [9.17, 15) is 0 Å². The highest BCUT2D eigenvalue weighted by molar-refractivity contribution is 5.80. The minimum absolute atomic E-state index is 0.912. The molecule has 0 spiro atoms. The van der Waals surface area contributed by atoms with Crippen molar-refractivity contribution in [3.63, 3.8) is 0 Å². The van der Waals surface area contributed by atoms with Crippen molar-refractivity contribution in [3.8, 4) is 0 Å². The summed E-state index contributed by atoms with van der Waals surface area (Å²) in [5.41, 5.74) is 4.26. The molecule has 1 nitrogen and oxygen atoms in total. The Bertz CT molecular complexity index is 553. The number of allylic oxidation sites excluding steroid dienone is 1. The zero-order chi connectivity index (χ0) is 12.8. The quantitative estimate of drug-likeness (QED) is 0.802. The summed E-state index contributed by atoms with van der Waals surface area (Å²) in [7, 11) is 0. The number of anilines is 1. The summed E-state index contributed by atoms with van der Waals surface area (Å²) in [6.45, 7) is 6.14. The molecular formula is C17H17N. The molecule has 0 aliphatic heterocycles. The Morgan fingerprint density at radius 3 is 2.39 bits per heavy atom. The molecule has 0 unspecified atom stereocenters. The first-order valence-electron chi connectivity index (χ1n) is 6.04. The molecule has 0 aliphatic rings. The molecule has 2 aromatic rings. The molecule has 1 heteroatoms. The number of rotatable bonds is 4. The van der Waals surface area contributed by atoms with Gasteiger partial charge in [0.1, 0.15) is 0 Å². The van der Waals surface area contributed by atoms with E-state index in [1.54, 1.807) is 0 Å². The Morgan fingerprint density at radius 1 is 1.00 bits per heavy atom. The van der Waals surface area contributed by atoms with E-state index < -0.39 is 0 Å². The lowest BCUT2D eigenvalue weighted by molar-refractivity contribution is 1.51. The van der Waals surface area contributed by atoms with E-state index >= 15 is 0 Å². The van der Waals surface area contributed by atoms with E-state index in [-0.39, 0.29) is 0 Å². The van der Waals surface area contributed by atoms with Crippen LogP contribution >= 0.6 is 0 Å². The Labute approximate surface area is 108 Å². The van der Waals surface area contributed by atoms with Gasteiger partial charge in [0.25, 0.3) is 0 Å². The third-order valence-electron chi connectivity index (χ3n) is 2.70. The second kappa shape index (κ2) is 5.87. The van der Waals surface area contributed by atoms with E-state index in [0.29, 0.717) is 0 Å². The fourth-order valence-electron chi connectivity index (χ4n) is 1.86. The molecule has 0 saturated heterocycles. The SMILES string of the molecule is C=C(Nc1ccccc1)c1ccccc1/C=C\C. The number of para-hydroxylation sites is 1. The van der Waals surface area contributed by atoms with E-state index in [1.807, 2.05) is 55.5 Å². The van der Waals surface area contributed by atoms with Crippen LogP contribution in [-0.4, -0.2) is 0 Å². The molecule has 0 bridgehead atoms. The molecule has 0 atom stereocenters. The molecule has 90 valence electrons. The average Bonchev–Trinajstić information content (AvgIpc) is 2.41. The van der Waals surface area contributed by atoms with Gasteiger partial charge in [0.2, 0.25) is 0 Å². The average molecular weight is 235 g/mol. The maximum Gasteiger partial charge on any atom is 0.0390 e. The smallest absolute Gasteiger partial charge is 0.0390 e. The molecule has 0 radical (unpaired) electrons. The zero-order valence-corrected chi connectivity index (χ0v) is 10.6. The number of hydrogen-bond donors (Lipinski definition) is 1. The lowest BCUT2D eigenvalue weighted by Gasteiger charge is -2.12. The molecule has 2 aromatic carbocycles. The van der Waals surface area contributed by atoms with Crippen molar-refractivity contribution in [2.24, 2.45) is 0 Å². The fraction of sp³-hybridized carbons (Fsp3) is 0.0588. The van der Waals surface area contributed by atoms with Crippen LogP contribution in [-0.2, 0) is 0 Å². The molecule has 0 aliphatic carbocycles. The molecule has 2 rings (SSSR count). The summed E-state index contributed by atoms with van der Waals surface area (Å²) in [5, 5.41) is 3.33. The van der Waals surface area contributed by atoms with Crippen LogP contribution in [0, 0.1) is 0 Å².